The highest BCUT2D eigenvalue weighted by molar-refractivity contribution is 5.81. The molecular weight excluding hydrogens is 280 g/mol. The van der Waals surface area contributed by atoms with E-state index in [-0.39, 0.29) is 19.0 Å². The summed E-state index contributed by atoms with van der Waals surface area (Å²) in [5.41, 5.74) is 4.49. The number of primary amides is 1. The van der Waals surface area contributed by atoms with Gasteiger partial charge in [0.05, 0.1) is 19.2 Å². The molecule has 1 aliphatic rings. The van der Waals surface area contributed by atoms with E-state index >= 15 is 0 Å². The summed E-state index contributed by atoms with van der Waals surface area (Å²) >= 11 is 0. The van der Waals surface area contributed by atoms with Gasteiger partial charge in [-0.3, -0.25) is 14.5 Å². The summed E-state index contributed by atoms with van der Waals surface area (Å²) in [4.78, 5) is 25.2. The van der Waals surface area contributed by atoms with Crippen LogP contribution in [0.5, 0.6) is 0 Å². The van der Waals surface area contributed by atoms with Crippen molar-refractivity contribution in [3.63, 3.8) is 0 Å². The van der Waals surface area contributed by atoms with Gasteiger partial charge >= 0.3 is 0 Å². The predicted molar refractivity (Wildman–Crippen MR) is 84.7 cm³/mol. The molecule has 0 spiro atoms. The van der Waals surface area contributed by atoms with E-state index in [0.717, 1.165) is 25.7 Å². The second-order valence-electron chi connectivity index (χ2n) is 6.69. The molecule has 6 nitrogen and oxygen atoms in total. The van der Waals surface area contributed by atoms with E-state index < -0.39 is 11.4 Å². The van der Waals surface area contributed by atoms with Gasteiger partial charge in [0.25, 0.3) is 0 Å². The summed E-state index contributed by atoms with van der Waals surface area (Å²) in [6.07, 6.45) is 5.56. The number of hydrogen-bond acceptors (Lipinski definition) is 4. The zero-order valence-corrected chi connectivity index (χ0v) is 13.7. The first-order chi connectivity index (χ1) is 10.4. The van der Waals surface area contributed by atoms with Crippen LogP contribution in [0.3, 0.4) is 0 Å². The highest BCUT2D eigenvalue weighted by atomic mass is 16.2. The van der Waals surface area contributed by atoms with Crippen molar-refractivity contribution in [1.29, 1.82) is 5.26 Å². The average molecular weight is 308 g/mol. The molecule has 22 heavy (non-hydrogen) atoms. The van der Waals surface area contributed by atoms with E-state index in [1.54, 1.807) is 4.90 Å². The summed E-state index contributed by atoms with van der Waals surface area (Å²) < 4.78 is 0. The lowest BCUT2D eigenvalue weighted by Gasteiger charge is -2.28. The Balaban J connectivity index is 2.64. The molecule has 0 aliphatic heterocycles. The van der Waals surface area contributed by atoms with Gasteiger partial charge in [-0.25, -0.2) is 0 Å². The molecule has 0 aromatic heterocycles. The van der Waals surface area contributed by atoms with Crippen LogP contribution >= 0.6 is 0 Å². The third-order valence-corrected chi connectivity index (χ3v) is 3.92. The minimum atomic E-state index is -0.746. The molecule has 0 aromatic rings. The monoisotopic (exact) mass is 308 g/mol. The van der Waals surface area contributed by atoms with Crippen LogP contribution in [0.1, 0.15) is 52.4 Å². The van der Waals surface area contributed by atoms with Crippen molar-refractivity contribution >= 4 is 11.8 Å². The number of nitrogens with zero attached hydrogens (tertiary/aromatic N) is 2. The van der Waals surface area contributed by atoms with E-state index in [9.17, 15) is 14.9 Å². The smallest absolute Gasteiger partial charge is 0.235 e. The minimum Gasteiger partial charge on any atom is -0.369 e. The van der Waals surface area contributed by atoms with Crippen molar-refractivity contribution < 1.29 is 9.59 Å². The largest absolute Gasteiger partial charge is 0.369 e. The van der Waals surface area contributed by atoms with Gasteiger partial charge in [0.1, 0.15) is 5.54 Å². The van der Waals surface area contributed by atoms with Gasteiger partial charge in [-0.1, -0.05) is 39.5 Å². The maximum atomic E-state index is 12.3. The molecule has 0 aromatic carbocycles. The van der Waals surface area contributed by atoms with Crippen LogP contribution in [-0.2, 0) is 9.59 Å². The van der Waals surface area contributed by atoms with Gasteiger partial charge in [0.2, 0.25) is 11.8 Å². The second kappa shape index (κ2) is 8.74. The van der Waals surface area contributed by atoms with Crippen LogP contribution in [0.2, 0.25) is 0 Å². The average Bonchev–Trinajstić information content (AvgIpc) is 2.63. The fourth-order valence-electron chi connectivity index (χ4n) is 3.03. The molecule has 3 N–H and O–H groups in total. The molecule has 0 heterocycles. The third-order valence-electron chi connectivity index (χ3n) is 3.92. The number of carbonyl (C=O) groups is 2. The van der Waals surface area contributed by atoms with Crippen LogP contribution in [-0.4, -0.2) is 41.9 Å². The highest BCUT2D eigenvalue weighted by Crippen LogP contribution is 2.26. The normalized spacial score (nSPS) is 17.8. The number of nitrogens with two attached hydrogens (primary N) is 1. The first-order valence-corrected chi connectivity index (χ1v) is 8.10. The number of hydrogen-bond donors (Lipinski definition) is 2. The van der Waals surface area contributed by atoms with E-state index in [4.69, 9.17) is 5.73 Å². The van der Waals surface area contributed by atoms with Crippen LogP contribution in [0.4, 0.5) is 0 Å². The number of rotatable bonds is 7. The Bertz CT molecular complexity index is 420. The maximum Gasteiger partial charge on any atom is 0.235 e. The SMILES string of the molecule is CC(C)CN(CC(N)=O)CC(=O)NC1(C#N)CCCCCC1. The molecule has 6 heteroatoms. The van der Waals surface area contributed by atoms with Gasteiger partial charge < -0.3 is 11.1 Å². The van der Waals surface area contributed by atoms with E-state index in [2.05, 4.69) is 11.4 Å². The number of nitrogens with one attached hydrogen (secondary N) is 1. The van der Waals surface area contributed by atoms with Crippen LogP contribution in [0, 0.1) is 17.2 Å². The van der Waals surface area contributed by atoms with Crippen molar-refractivity contribution in [2.45, 2.75) is 57.9 Å². The second-order valence-corrected chi connectivity index (χ2v) is 6.69. The molecule has 0 bridgehead atoms. The molecule has 0 unspecified atom stereocenters. The molecule has 0 saturated heterocycles. The standard InChI is InChI=1S/C16H28N4O2/c1-13(2)9-20(10-14(18)21)11-15(22)19-16(12-17)7-5-3-4-6-8-16/h13H,3-11H2,1-2H3,(H2,18,21)(H,19,22). The lowest BCUT2D eigenvalue weighted by atomic mass is 9.92. The predicted octanol–water partition coefficient (Wildman–Crippen LogP) is 1.16. The van der Waals surface area contributed by atoms with Crippen molar-refractivity contribution in [2.24, 2.45) is 11.7 Å². The molecule has 124 valence electrons. The maximum absolute atomic E-state index is 12.3. The Morgan fingerprint density at radius 3 is 2.27 bits per heavy atom. The zero-order valence-electron chi connectivity index (χ0n) is 13.7. The molecule has 1 fully saturated rings. The topological polar surface area (TPSA) is 99.2 Å². The van der Waals surface area contributed by atoms with Crippen molar-refractivity contribution in [1.82, 2.24) is 10.2 Å². The molecule has 1 aliphatic carbocycles. The third kappa shape index (κ3) is 6.44. The highest BCUT2D eigenvalue weighted by Gasteiger charge is 2.32. The molecule has 0 radical (unpaired) electrons. The summed E-state index contributed by atoms with van der Waals surface area (Å²) in [6, 6.07) is 2.30. The Kier molecular flexibility index (Phi) is 7.33. The Labute approximate surface area is 133 Å². The molecule has 2 amide bonds. The van der Waals surface area contributed by atoms with Gasteiger partial charge in [-0.05, 0) is 18.8 Å². The van der Waals surface area contributed by atoms with E-state index in [0.29, 0.717) is 25.3 Å². The molecule has 1 saturated carbocycles. The molecular formula is C16H28N4O2. The van der Waals surface area contributed by atoms with E-state index in [1.165, 1.54) is 0 Å². The van der Waals surface area contributed by atoms with E-state index in [1.807, 2.05) is 13.8 Å². The lowest BCUT2D eigenvalue weighted by molar-refractivity contribution is -0.125. The zero-order chi connectivity index (χ0) is 16.6. The van der Waals surface area contributed by atoms with Crippen LogP contribution < -0.4 is 11.1 Å². The fraction of sp³-hybridized carbons (Fsp3) is 0.812. The number of nitriles is 1. The summed E-state index contributed by atoms with van der Waals surface area (Å²) in [6.45, 7) is 4.83. The quantitative estimate of drug-likeness (QED) is 0.689. The van der Waals surface area contributed by atoms with Crippen LogP contribution in [0.15, 0.2) is 0 Å². The molecule has 0 atom stereocenters. The van der Waals surface area contributed by atoms with Gasteiger partial charge in [0.15, 0.2) is 0 Å². The summed E-state index contributed by atoms with van der Waals surface area (Å²) in [7, 11) is 0. The molecule has 1 rings (SSSR count). The minimum absolute atomic E-state index is 0.0607. The summed E-state index contributed by atoms with van der Waals surface area (Å²) in [5, 5.41) is 12.4. The van der Waals surface area contributed by atoms with Gasteiger partial charge in [-0.15, -0.1) is 0 Å². The summed E-state index contributed by atoms with van der Waals surface area (Å²) in [5.74, 6) is -0.321. The fourth-order valence-corrected chi connectivity index (χ4v) is 3.03. The first kappa shape index (κ1) is 18.4. The lowest BCUT2D eigenvalue weighted by Crippen LogP contribution is -2.51. The Hall–Kier alpha value is -1.61. The Morgan fingerprint density at radius 2 is 1.82 bits per heavy atom. The number of carbonyl (C=O) groups excluding carboxylic acids is 2. The number of amides is 2. The van der Waals surface area contributed by atoms with Crippen LogP contribution in [0.25, 0.3) is 0 Å². The Morgan fingerprint density at radius 1 is 1.23 bits per heavy atom. The van der Waals surface area contributed by atoms with Crippen molar-refractivity contribution in [2.75, 3.05) is 19.6 Å². The first-order valence-electron chi connectivity index (χ1n) is 8.10. The van der Waals surface area contributed by atoms with Crippen molar-refractivity contribution in [3.8, 4) is 6.07 Å². The van der Waals surface area contributed by atoms with Gasteiger partial charge in [-0.2, -0.15) is 5.26 Å². The van der Waals surface area contributed by atoms with Gasteiger partial charge in [0, 0.05) is 6.54 Å². The van der Waals surface area contributed by atoms with Crippen molar-refractivity contribution in [3.05, 3.63) is 0 Å².